The summed E-state index contributed by atoms with van der Waals surface area (Å²) < 4.78 is 5.03. The summed E-state index contributed by atoms with van der Waals surface area (Å²) in [5, 5.41) is 9.39. The molecule has 1 aliphatic heterocycles. The topological polar surface area (TPSA) is 62.7 Å². The van der Waals surface area contributed by atoms with Gasteiger partial charge in [0.2, 0.25) is 0 Å². The second-order valence-electron chi connectivity index (χ2n) is 4.41. The number of piperidine rings is 1. The number of esters is 1. The molecule has 1 aromatic heterocycles. The maximum absolute atomic E-state index is 11.6. The lowest BCUT2D eigenvalue weighted by Gasteiger charge is -2.32. The number of rotatable bonds is 3. The highest BCUT2D eigenvalue weighted by Gasteiger charge is 2.26. The first-order valence-corrected chi connectivity index (χ1v) is 6.26. The summed E-state index contributed by atoms with van der Waals surface area (Å²) in [6.45, 7) is 3.84. The third kappa shape index (κ3) is 2.91. The Balaban J connectivity index is 1.92. The number of aromatic nitrogens is 1. The second-order valence-corrected chi connectivity index (χ2v) is 4.41. The number of hydrogen-bond donors (Lipinski definition) is 1. The van der Waals surface area contributed by atoms with Crippen LogP contribution in [-0.4, -0.2) is 35.8 Å². The molecule has 1 aromatic rings. The Labute approximate surface area is 106 Å². The van der Waals surface area contributed by atoms with E-state index in [0.29, 0.717) is 6.61 Å². The molecule has 0 radical (unpaired) electrons. The van der Waals surface area contributed by atoms with Crippen molar-refractivity contribution in [3.05, 3.63) is 18.5 Å². The van der Waals surface area contributed by atoms with E-state index < -0.39 is 0 Å². The third-order valence-corrected chi connectivity index (χ3v) is 3.19. The molecule has 1 N–H and O–H groups in total. The van der Waals surface area contributed by atoms with Crippen molar-refractivity contribution in [1.82, 2.24) is 4.98 Å². The van der Waals surface area contributed by atoms with Gasteiger partial charge in [0, 0.05) is 19.2 Å². The molecule has 0 bridgehead atoms. The second kappa shape index (κ2) is 5.71. The molecule has 5 nitrogen and oxygen atoms in total. The van der Waals surface area contributed by atoms with Crippen molar-refractivity contribution in [1.29, 1.82) is 0 Å². The molecule has 0 spiro atoms. The molecule has 0 unspecified atom stereocenters. The Kier molecular flexibility index (Phi) is 4.02. The molecular formula is C13H18N2O3. The molecule has 2 heterocycles. The smallest absolute Gasteiger partial charge is 0.309 e. The van der Waals surface area contributed by atoms with Crippen LogP contribution in [0.2, 0.25) is 0 Å². The molecule has 0 aromatic carbocycles. The van der Waals surface area contributed by atoms with Crippen LogP contribution >= 0.6 is 0 Å². The number of ether oxygens (including phenoxy) is 1. The Morgan fingerprint density at radius 3 is 2.83 bits per heavy atom. The van der Waals surface area contributed by atoms with Gasteiger partial charge >= 0.3 is 5.97 Å². The summed E-state index contributed by atoms with van der Waals surface area (Å²) in [6, 6.07) is 1.69. The summed E-state index contributed by atoms with van der Waals surface area (Å²) in [5.41, 5.74) is 0.900. The maximum Gasteiger partial charge on any atom is 0.309 e. The van der Waals surface area contributed by atoms with E-state index in [-0.39, 0.29) is 17.6 Å². The van der Waals surface area contributed by atoms with E-state index in [1.165, 1.54) is 6.20 Å². The number of aromatic hydroxyl groups is 1. The van der Waals surface area contributed by atoms with Gasteiger partial charge in [0.1, 0.15) is 5.75 Å². The van der Waals surface area contributed by atoms with E-state index in [1.807, 2.05) is 6.92 Å². The molecule has 2 rings (SSSR count). The fourth-order valence-corrected chi connectivity index (χ4v) is 2.22. The number of nitrogens with zero attached hydrogens (tertiary/aromatic N) is 2. The minimum Gasteiger partial charge on any atom is -0.506 e. The lowest BCUT2D eigenvalue weighted by Crippen LogP contribution is -2.37. The normalized spacial score (nSPS) is 16.6. The first kappa shape index (κ1) is 12.7. The van der Waals surface area contributed by atoms with E-state index in [0.717, 1.165) is 31.6 Å². The Morgan fingerprint density at radius 1 is 1.50 bits per heavy atom. The molecule has 1 fully saturated rings. The Bertz CT molecular complexity index is 414. The zero-order valence-electron chi connectivity index (χ0n) is 10.5. The predicted octanol–water partition coefficient (Wildman–Crippen LogP) is 1.57. The number of carbonyl (C=O) groups is 1. The van der Waals surface area contributed by atoms with E-state index in [4.69, 9.17) is 4.74 Å². The lowest BCUT2D eigenvalue weighted by atomic mass is 9.97. The van der Waals surface area contributed by atoms with Crippen LogP contribution < -0.4 is 4.90 Å². The summed E-state index contributed by atoms with van der Waals surface area (Å²) in [5.74, 6) is 0.0812. The van der Waals surface area contributed by atoms with Gasteiger partial charge in [-0.05, 0) is 19.8 Å². The van der Waals surface area contributed by atoms with Crippen LogP contribution in [-0.2, 0) is 9.53 Å². The van der Waals surface area contributed by atoms with Crippen LogP contribution in [0.1, 0.15) is 19.8 Å². The molecule has 98 valence electrons. The van der Waals surface area contributed by atoms with Crippen LogP contribution in [0.4, 0.5) is 5.69 Å². The van der Waals surface area contributed by atoms with Gasteiger partial charge < -0.3 is 14.7 Å². The monoisotopic (exact) mass is 250 g/mol. The van der Waals surface area contributed by atoms with Gasteiger partial charge in [0.05, 0.1) is 30.6 Å². The fourth-order valence-electron chi connectivity index (χ4n) is 2.22. The van der Waals surface area contributed by atoms with Crippen LogP contribution in [0.3, 0.4) is 0 Å². The average Bonchev–Trinajstić information content (AvgIpc) is 2.39. The number of hydrogen-bond acceptors (Lipinski definition) is 5. The van der Waals surface area contributed by atoms with Crippen molar-refractivity contribution in [3.63, 3.8) is 0 Å². The highest BCUT2D eigenvalue weighted by Crippen LogP contribution is 2.25. The van der Waals surface area contributed by atoms with Crippen molar-refractivity contribution < 1.29 is 14.6 Å². The Morgan fingerprint density at radius 2 is 2.22 bits per heavy atom. The van der Waals surface area contributed by atoms with Crippen molar-refractivity contribution >= 4 is 11.7 Å². The van der Waals surface area contributed by atoms with Gasteiger partial charge in [-0.3, -0.25) is 9.78 Å². The van der Waals surface area contributed by atoms with E-state index in [2.05, 4.69) is 9.88 Å². The minimum absolute atomic E-state index is 0.00599. The number of pyridine rings is 1. The summed E-state index contributed by atoms with van der Waals surface area (Å²) >= 11 is 0. The molecule has 0 saturated carbocycles. The zero-order chi connectivity index (χ0) is 13.0. The summed E-state index contributed by atoms with van der Waals surface area (Å²) in [4.78, 5) is 17.7. The molecule has 18 heavy (non-hydrogen) atoms. The van der Waals surface area contributed by atoms with Crippen LogP contribution in [0, 0.1) is 5.92 Å². The van der Waals surface area contributed by atoms with Crippen LogP contribution in [0.5, 0.6) is 5.75 Å². The molecular weight excluding hydrogens is 232 g/mol. The van der Waals surface area contributed by atoms with Gasteiger partial charge in [-0.1, -0.05) is 0 Å². The minimum atomic E-state index is -0.0915. The van der Waals surface area contributed by atoms with Gasteiger partial charge in [-0.25, -0.2) is 0 Å². The highest BCUT2D eigenvalue weighted by atomic mass is 16.5. The van der Waals surface area contributed by atoms with Gasteiger partial charge in [-0.2, -0.15) is 0 Å². The molecule has 5 heteroatoms. The van der Waals surface area contributed by atoms with E-state index in [1.54, 1.807) is 12.3 Å². The lowest BCUT2D eigenvalue weighted by molar-refractivity contribution is -0.148. The van der Waals surface area contributed by atoms with Gasteiger partial charge in [-0.15, -0.1) is 0 Å². The molecule has 0 atom stereocenters. The Hall–Kier alpha value is -1.78. The van der Waals surface area contributed by atoms with Gasteiger partial charge in [0.15, 0.2) is 0 Å². The quantitative estimate of drug-likeness (QED) is 0.825. The fraction of sp³-hybridized carbons (Fsp3) is 0.538. The highest BCUT2D eigenvalue weighted by molar-refractivity contribution is 5.72. The first-order chi connectivity index (χ1) is 8.70. The molecule has 0 aliphatic carbocycles. The standard InChI is InChI=1S/C13H18N2O3/c1-2-18-13(17)10-3-5-15(6-4-10)11-7-12(16)9-14-8-11/h7-10,16H,2-6H2,1H3. The third-order valence-electron chi connectivity index (χ3n) is 3.19. The van der Waals surface area contributed by atoms with E-state index >= 15 is 0 Å². The van der Waals surface area contributed by atoms with Gasteiger partial charge in [0.25, 0.3) is 0 Å². The molecule has 0 amide bonds. The first-order valence-electron chi connectivity index (χ1n) is 6.26. The van der Waals surface area contributed by atoms with Crippen molar-refractivity contribution in [3.8, 4) is 5.75 Å². The SMILES string of the molecule is CCOC(=O)C1CCN(c2cncc(O)c2)CC1. The summed E-state index contributed by atoms with van der Waals surface area (Å²) in [6.07, 6.45) is 4.71. The van der Waals surface area contributed by atoms with Crippen molar-refractivity contribution in [2.75, 3.05) is 24.6 Å². The zero-order valence-corrected chi connectivity index (χ0v) is 10.5. The van der Waals surface area contributed by atoms with E-state index in [9.17, 15) is 9.90 Å². The molecule has 1 saturated heterocycles. The van der Waals surface area contributed by atoms with Crippen LogP contribution in [0.25, 0.3) is 0 Å². The number of anilines is 1. The van der Waals surface area contributed by atoms with Crippen molar-refractivity contribution in [2.24, 2.45) is 5.92 Å². The largest absolute Gasteiger partial charge is 0.506 e. The summed E-state index contributed by atoms with van der Waals surface area (Å²) in [7, 11) is 0. The average molecular weight is 250 g/mol. The molecule has 1 aliphatic rings. The predicted molar refractivity (Wildman–Crippen MR) is 67.5 cm³/mol. The maximum atomic E-state index is 11.6. The van der Waals surface area contributed by atoms with Crippen LogP contribution in [0.15, 0.2) is 18.5 Å². The van der Waals surface area contributed by atoms with Crippen molar-refractivity contribution in [2.45, 2.75) is 19.8 Å². The number of carbonyl (C=O) groups excluding carboxylic acids is 1.